The molecule has 0 saturated carbocycles. The summed E-state index contributed by atoms with van der Waals surface area (Å²) < 4.78 is 38.1. The van der Waals surface area contributed by atoms with Crippen LogP contribution in [-0.4, -0.2) is 37.9 Å². The second kappa shape index (κ2) is 5.89. The van der Waals surface area contributed by atoms with Gasteiger partial charge in [-0.2, -0.15) is 13.2 Å². The Balaban J connectivity index is 2.77. The maximum Gasteiger partial charge on any atom is 0.415 e. The lowest BCUT2D eigenvalue weighted by Crippen LogP contribution is -2.30. The Morgan fingerprint density at radius 1 is 1.39 bits per heavy atom. The van der Waals surface area contributed by atoms with Gasteiger partial charge in [-0.05, 0) is 13.8 Å². The van der Waals surface area contributed by atoms with E-state index in [1.807, 2.05) is 13.8 Å². The summed E-state index contributed by atoms with van der Waals surface area (Å²) in [6.45, 7) is 3.87. The number of aliphatic hydroxyl groups is 1. The van der Waals surface area contributed by atoms with Crippen LogP contribution < -0.4 is 5.73 Å². The zero-order valence-corrected chi connectivity index (χ0v) is 10.8. The fraction of sp³-hybridized carbons (Fsp3) is 0.778. The maximum atomic E-state index is 12.2. The molecule has 0 spiro atoms. The van der Waals surface area contributed by atoms with Crippen molar-refractivity contribution in [2.75, 3.05) is 5.75 Å². The summed E-state index contributed by atoms with van der Waals surface area (Å²) in [7, 11) is 0. The number of hydrogen-bond acceptors (Lipinski definition) is 5. The van der Waals surface area contributed by atoms with Gasteiger partial charge in [0.2, 0.25) is 0 Å². The number of aliphatic hydroxyl groups excluding tert-OH is 1. The average molecular weight is 284 g/mol. The fourth-order valence-electron chi connectivity index (χ4n) is 1.31. The van der Waals surface area contributed by atoms with Crippen molar-refractivity contribution in [3.05, 3.63) is 5.82 Å². The molecule has 1 unspecified atom stereocenters. The van der Waals surface area contributed by atoms with Crippen LogP contribution in [0.2, 0.25) is 0 Å². The Morgan fingerprint density at radius 2 is 2.00 bits per heavy atom. The third-order valence-electron chi connectivity index (χ3n) is 2.18. The van der Waals surface area contributed by atoms with E-state index in [2.05, 4.69) is 10.2 Å². The van der Waals surface area contributed by atoms with E-state index in [9.17, 15) is 13.2 Å². The fourth-order valence-corrected chi connectivity index (χ4v) is 2.36. The summed E-state index contributed by atoms with van der Waals surface area (Å²) in [5.41, 5.74) is 5.47. The molecule has 0 aliphatic heterocycles. The molecule has 1 rings (SSSR count). The number of halogens is 3. The Kier molecular flexibility index (Phi) is 5.00. The average Bonchev–Trinajstić information content (AvgIpc) is 2.67. The highest BCUT2D eigenvalue weighted by Gasteiger charge is 2.38. The van der Waals surface area contributed by atoms with Crippen molar-refractivity contribution in [1.82, 2.24) is 14.8 Å². The van der Waals surface area contributed by atoms with Crippen molar-refractivity contribution < 1.29 is 18.3 Å². The van der Waals surface area contributed by atoms with Gasteiger partial charge in [0.1, 0.15) is 5.82 Å². The molecule has 1 aromatic heterocycles. The molecule has 5 nitrogen and oxygen atoms in total. The highest BCUT2D eigenvalue weighted by molar-refractivity contribution is 7.99. The summed E-state index contributed by atoms with van der Waals surface area (Å²) in [4.78, 5) is 0. The highest BCUT2D eigenvalue weighted by atomic mass is 32.2. The normalized spacial score (nSPS) is 14.2. The molecule has 18 heavy (non-hydrogen) atoms. The third kappa shape index (κ3) is 3.59. The first-order valence-corrected chi connectivity index (χ1v) is 6.27. The summed E-state index contributed by atoms with van der Waals surface area (Å²) in [6.07, 6.45) is -6.99. The van der Waals surface area contributed by atoms with E-state index < -0.39 is 18.0 Å². The minimum Gasteiger partial charge on any atom is -0.383 e. The van der Waals surface area contributed by atoms with E-state index in [-0.39, 0.29) is 12.6 Å². The molecule has 0 aromatic carbocycles. The van der Waals surface area contributed by atoms with Gasteiger partial charge in [0.15, 0.2) is 11.3 Å². The molecular formula is C9H15F3N4OS. The number of hydrogen-bond donors (Lipinski definition) is 2. The first-order chi connectivity index (χ1) is 8.27. The van der Waals surface area contributed by atoms with Crippen molar-refractivity contribution in [2.45, 2.75) is 43.9 Å². The monoisotopic (exact) mass is 284 g/mol. The molecule has 0 amide bonds. The van der Waals surface area contributed by atoms with E-state index in [0.29, 0.717) is 11.0 Å². The standard InChI is InChI=1S/C9H15F3N4OS/c1-5(2)16-7(3-13)14-15-8(16)18-4-6(17)9(10,11)12/h5-6,17H,3-4,13H2,1-2H3. The number of nitrogens with two attached hydrogens (primary N) is 1. The minimum atomic E-state index is -4.62. The molecule has 104 valence electrons. The van der Waals surface area contributed by atoms with E-state index in [1.165, 1.54) is 0 Å². The predicted molar refractivity (Wildman–Crippen MR) is 61.1 cm³/mol. The minimum absolute atomic E-state index is 0.0101. The molecule has 0 saturated heterocycles. The van der Waals surface area contributed by atoms with Gasteiger partial charge in [0.05, 0.1) is 6.54 Å². The molecule has 0 aliphatic carbocycles. The lowest BCUT2D eigenvalue weighted by Gasteiger charge is -2.15. The van der Waals surface area contributed by atoms with Gasteiger partial charge < -0.3 is 15.4 Å². The number of rotatable bonds is 5. The van der Waals surface area contributed by atoms with Gasteiger partial charge in [-0.25, -0.2) is 0 Å². The molecule has 1 atom stereocenters. The summed E-state index contributed by atoms with van der Waals surface area (Å²) in [5, 5.41) is 16.8. The van der Waals surface area contributed by atoms with Gasteiger partial charge in [0.25, 0.3) is 0 Å². The topological polar surface area (TPSA) is 77.0 Å². The van der Waals surface area contributed by atoms with Gasteiger partial charge in [-0.1, -0.05) is 11.8 Å². The van der Waals surface area contributed by atoms with Crippen LogP contribution in [0, 0.1) is 0 Å². The summed E-state index contributed by atoms with van der Waals surface area (Å²) >= 11 is 0.810. The molecule has 0 radical (unpaired) electrons. The number of thioether (sulfide) groups is 1. The van der Waals surface area contributed by atoms with Crippen LogP contribution in [0.4, 0.5) is 13.2 Å². The van der Waals surface area contributed by atoms with E-state index in [4.69, 9.17) is 10.8 Å². The SMILES string of the molecule is CC(C)n1c(CN)nnc1SCC(O)C(F)(F)F. The molecule has 0 fully saturated rings. The van der Waals surface area contributed by atoms with E-state index >= 15 is 0 Å². The molecule has 0 bridgehead atoms. The van der Waals surface area contributed by atoms with Crippen LogP contribution in [0.3, 0.4) is 0 Å². The van der Waals surface area contributed by atoms with Crippen molar-refractivity contribution in [3.63, 3.8) is 0 Å². The second-order valence-electron chi connectivity index (χ2n) is 3.94. The van der Waals surface area contributed by atoms with Crippen molar-refractivity contribution >= 4 is 11.8 Å². The number of alkyl halides is 3. The Morgan fingerprint density at radius 3 is 2.44 bits per heavy atom. The van der Waals surface area contributed by atoms with E-state index in [1.54, 1.807) is 4.57 Å². The zero-order valence-electron chi connectivity index (χ0n) is 9.98. The largest absolute Gasteiger partial charge is 0.415 e. The Hall–Kier alpha value is -0.800. The van der Waals surface area contributed by atoms with Gasteiger partial charge in [0, 0.05) is 11.8 Å². The number of nitrogens with zero attached hydrogens (tertiary/aromatic N) is 3. The number of aromatic nitrogens is 3. The van der Waals surface area contributed by atoms with Crippen LogP contribution >= 0.6 is 11.8 Å². The highest BCUT2D eigenvalue weighted by Crippen LogP contribution is 2.27. The van der Waals surface area contributed by atoms with Crippen LogP contribution in [-0.2, 0) is 6.54 Å². The lowest BCUT2D eigenvalue weighted by atomic mass is 10.4. The van der Waals surface area contributed by atoms with Gasteiger partial charge >= 0.3 is 6.18 Å². The van der Waals surface area contributed by atoms with Crippen LogP contribution in [0.25, 0.3) is 0 Å². The smallest absolute Gasteiger partial charge is 0.383 e. The van der Waals surface area contributed by atoms with Crippen LogP contribution in [0.5, 0.6) is 0 Å². The second-order valence-corrected chi connectivity index (χ2v) is 4.92. The van der Waals surface area contributed by atoms with E-state index in [0.717, 1.165) is 11.8 Å². The van der Waals surface area contributed by atoms with Crippen molar-refractivity contribution in [1.29, 1.82) is 0 Å². The van der Waals surface area contributed by atoms with Gasteiger partial charge in [-0.3, -0.25) is 0 Å². The molecule has 1 aromatic rings. The summed E-state index contributed by atoms with van der Waals surface area (Å²) in [5.74, 6) is -0.00662. The first kappa shape index (κ1) is 15.3. The molecule has 9 heteroatoms. The molecular weight excluding hydrogens is 269 g/mol. The maximum absolute atomic E-state index is 12.2. The predicted octanol–water partition coefficient (Wildman–Crippen LogP) is 1.33. The third-order valence-corrected chi connectivity index (χ3v) is 3.20. The van der Waals surface area contributed by atoms with Crippen LogP contribution in [0.15, 0.2) is 5.16 Å². The Bertz CT molecular complexity index is 394. The van der Waals surface area contributed by atoms with Crippen molar-refractivity contribution in [2.24, 2.45) is 5.73 Å². The van der Waals surface area contributed by atoms with Crippen molar-refractivity contribution in [3.8, 4) is 0 Å². The van der Waals surface area contributed by atoms with Crippen LogP contribution in [0.1, 0.15) is 25.7 Å². The zero-order chi connectivity index (χ0) is 13.9. The first-order valence-electron chi connectivity index (χ1n) is 5.28. The Labute approximate surface area is 107 Å². The van der Waals surface area contributed by atoms with Gasteiger partial charge in [-0.15, -0.1) is 10.2 Å². The lowest BCUT2D eigenvalue weighted by molar-refractivity contribution is -0.195. The molecule has 3 N–H and O–H groups in total. The molecule has 0 aliphatic rings. The summed E-state index contributed by atoms with van der Waals surface area (Å²) in [6, 6.07) is -0.0101. The quantitative estimate of drug-likeness (QED) is 0.798. The molecule has 1 heterocycles.